The Labute approximate surface area is 382 Å². The highest BCUT2D eigenvalue weighted by Gasteiger charge is 2.26. The Morgan fingerprint density at radius 1 is 0.410 bits per heavy atom. The SMILES string of the molecule is CCCCCCCCCCCCC/C=C\C/C=C\CCCCCCCCCCCCCCCCCCCC(=O)NC(CO)C(O)C(O)CCCCCCCCCCCCCC. The van der Waals surface area contributed by atoms with Gasteiger partial charge >= 0.3 is 0 Å². The van der Waals surface area contributed by atoms with Gasteiger partial charge in [0.05, 0.1) is 18.8 Å². The fourth-order valence-corrected chi connectivity index (χ4v) is 8.78. The van der Waals surface area contributed by atoms with Gasteiger partial charge in [-0.15, -0.1) is 0 Å². The lowest BCUT2D eigenvalue weighted by atomic mass is 9.99. The largest absolute Gasteiger partial charge is 0.394 e. The van der Waals surface area contributed by atoms with E-state index in [0.29, 0.717) is 12.8 Å². The fraction of sp³-hybridized carbons (Fsp3) is 0.911. The van der Waals surface area contributed by atoms with E-state index in [1.807, 2.05) is 0 Å². The zero-order valence-corrected chi connectivity index (χ0v) is 41.3. The third-order valence-electron chi connectivity index (χ3n) is 13.1. The zero-order valence-electron chi connectivity index (χ0n) is 41.3. The van der Waals surface area contributed by atoms with Gasteiger partial charge in [0.25, 0.3) is 0 Å². The maximum Gasteiger partial charge on any atom is 0.220 e. The van der Waals surface area contributed by atoms with E-state index in [1.165, 1.54) is 231 Å². The molecule has 61 heavy (non-hydrogen) atoms. The van der Waals surface area contributed by atoms with Gasteiger partial charge in [-0.2, -0.15) is 0 Å². The molecule has 0 aromatic heterocycles. The molecule has 0 spiro atoms. The summed E-state index contributed by atoms with van der Waals surface area (Å²) in [5.41, 5.74) is 0. The van der Waals surface area contributed by atoms with Crippen LogP contribution in [0.2, 0.25) is 0 Å². The van der Waals surface area contributed by atoms with E-state index < -0.39 is 18.2 Å². The normalized spacial score (nSPS) is 13.5. The number of hydrogen-bond donors (Lipinski definition) is 4. The molecule has 0 aliphatic rings. The minimum Gasteiger partial charge on any atom is -0.394 e. The van der Waals surface area contributed by atoms with Crippen LogP contribution < -0.4 is 5.32 Å². The lowest BCUT2D eigenvalue weighted by Crippen LogP contribution is -2.50. The third kappa shape index (κ3) is 46.6. The van der Waals surface area contributed by atoms with E-state index in [2.05, 4.69) is 43.5 Å². The molecule has 0 saturated heterocycles. The number of nitrogens with one attached hydrogen (secondary N) is 1. The van der Waals surface area contributed by atoms with Crippen molar-refractivity contribution in [3.63, 3.8) is 0 Å². The molecule has 0 aromatic rings. The van der Waals surface area contributed by atoms with Crippen LogP contribution in [0, 0.1) is 0 Å². The monoisotopic (exact) mass is 860 g/mol. The van der Waals surface area contributed by atoms with Crippen molar-refractivity contribution in [2.75, 3.05) is 6.61 Å². The van der Waals surface area contributed by atoms with Crippen LogP contribution in [0.3, 0.4) is 0 Å². The second-order valence-electron chi connectivity index (χ2n) is 19.1. The van der Waals surface area contributed by atoms with Crippen LogP contribution in [0.4, 0.5) is 0 Å². The van der Waals surface area contributed by atoms with Gasteiger partial charge in [-0.25, -0.2) is 0 Å². The Morgan fingerprint density at radius 3 is 1.03 bits per heavy atom. The molecule has 0 aromatic carbocycles. The molecule has 3 atom stereocenters. The van der Waals surface area contributed by atoms with Crippen LogP contribution in [-0.4, -0.2) is 46.1 Å². The number of hydrogen-bond acceptors (Lipinski definition) is 4. The van der Waals surface area contributed by atoms with Crippen molar-refractivity contribution >= 4 is 5.91 Å². The first-order valence-corrected chi connectivity index (χ1v) is 27.6. The summed E-state index contributed by atoms with van der Waals surface area (Å²) in [4.78, 5) is 12.5. The molecule has 5 nitrogen and oxygen atoms in total. The molecule has 1 amide bonds. The summed E-state index contributed by atoms with van der Waals surface area (Å²) in [6, 6.07) is -0.806. The second-order valence-corrected chi connectivity index (χ2v) is 19.1. The van der Waals surface area contributed by atoms with Gasteiger partial charge in [-0.3, -0.25) is 4.79 Å². The van der Waals surface area contributed by atoms with E-state index in [9.17, 15) is 20.1 Å². The third-order valence-corrected chi connectivity index (χ3v) is 13.1. The number of aliphatic hydroxyl groups is 3. The van der Waals surface area contributed by atoms with Gasteiger partial charge in [0.2, 0.25) is 5.91 Å². The van der Waals surface area contributed by atoms with Crippen LogP contribution in [0.25, 0.3) is 0 Å². The minimum atomic E-state index is -1.13. The second kappa shape index (κ2) is 51.5. The van der Waals surface area contributed by atoms with Crippen molar-refractivity contribution in [3.8, 4) is 0 Å². The van der Waals surface area contributed by atoms with Crippen LogP contribution in [0.1, 0.15) is 303 Å². The molecule has 0 aliphatic carbocycles. The molecule has 3 unspecified atom stereocenters. The van der Waals surface area contributed by atoms with Crippen LogP contribution in [-0.2, 0) is 4.79 Å². The Kier molecular flexibility index (Phi) is 50.5. The standard InChI is InChI=1S/C56H109NO4/c1-3-5-7-9-11-13-15-17-18-19-20-21-22-23-24-25-26-27-28-29-30-31-32-33-34-35-36-37-38-39-41-43-45-47-49-51-55(60)57-53(52-58)56(61)54(59)50-48-46-44-42-40-16-14-12-10-8-6-4-2/h22-23,25-26,53-54,56,58-59,61H,3-21,24,27-52H2,1-2H3,(H,57,60)/b23-22-,26-25-. The van der Waals surface area contributed by atoms with E-state index in [1.54, 1.807) is 0 Å². The van der Waals surface area contributed by atoms with E-state index in [0.717, 1.165) is 44.9 Å². The van der Waals surface area contributed by atoms with Gasteiger partial charge in [-0.05, 0) is 44.9 Å². The first kappa shape index (κ1) is 59.8. The molecular weight excluding hydrogens is 751 g/mol. The summed E-state index contributed by atoms with van der Waals surface area (Å²) in [5.74, 6) is -0.141. The highest BCUT2D eigenvalue weighted by Crippen LogP contribution is 2.17. The summed E-state index contributed by atoms with van der Waals surface area (Å²) in [7, 11) is 0. The van der Waals surface area contributed by atoms with Gasteiger partial charge in [-0.1, -0.05) is 276 Å². The van der Waals surface area contributed by atoms with Gasteiger partial charge < -0.3 is 20.6 Å². The first-order valence-electron chi connectivity index (χ1n) is 27.6. The number of carbonyl (C=O) groups excluding carboxylic acids is 1. The maximum absolute atomic E-state index is 12.5. The summed E-state index contributed by atoms with van der Waals surface area (Å²) >= 11 is 0. The molecule has 0 radical (unpaired) electrons. The molecule has 362 valence electrons. The lowest BCUT2D eigenvalue weighted by Gasteiger charge is -2.26. The predicted molar refractivity (Wildman–Crippen MR) is 268 cm³/mol. The summed E-state index contributed by atoms with van der Waals surface area (Å²) < 4.78 is 0. The summed E-state index contributed by atoms with van der Waals surface area (Å²) in [6.45, 7) is 4.19. The highest BCUT2D eigenvalue weighted by atomic mass is 16.3. The number of carbonyl (C=O) groups is 1. The van der Waals surface area contributed by atoms with Crippen LogP contribution in [0.5, 0.6) is 0 Å². The molecule has 0 fully saturated rings. The predicted octanol–water partition coefficient (Wildman–Crippen LogP) is 16.9. The van der Waals surface area contributed by atoms with Gasteiger partial charge in [0, 0.05) is 6.42 Å². The molecule has 0 rings (SSSR count). The van der Waals surface area contributed by atoms with Crippen molar-refractivity contribution in [1.29, 1.82) is 0 Å². The molecule has 5 heteroatoms. The van der Waals surface area contributed by atoms with Crippen molar-refractivity contribution in [2.24, 2.45) is 0 Å². The Balaban J connectivity index is 3.46. The maximum atomic E-state index is 12.5. The van der Waals surface area contributed by atoms with E-state index >= 15 is 0 Å². The topological polar surface area (TPSA) is 89.8 Å². The minimum absolute atomic E-state index is 0.141. The van der Waals surface area contributed by atoms with Crippen LogP contribution in [0.15, 0.2) is 24.3 Å². The number of amides is 1. The molecular formula is C56H109NO4. The number of allylic oxidation sites excluding steroid dienone is 4. The Morgan fingerprint density at radius 2 is 0.705 bits per heavy atom. The lowest BCUT2D eigenvalue weighted by molar-refractivity contribution is -0.124. The van der Waals surface area contributed by atoms with E-state index in [4.69, 9.17) is 0 Å². The molecule has 0 saturated carbocycles. The molecule has 0 aliphatic heterocycles. The number of aliphatic hydroxyl groups excluding tert-OH is 3. The number of rotatable bonds is 51. The number of unbranched alkanes of at least 4 members (excludes halogenated alkanes) is 39. The summed E-state index contributed by atoms with van der Waals surface area (Å²) in [5, 5.41) is 33.6. The average molecular weight is 860 g/mol. The molecule has 4 N–H and O–H groups in total. The average Bonchev–Trinajstić information content (AvgIpc) is 3.26. The van der Waals surface area contributed by atoms with Gasteiger partial charge in [0.1, 0.15) is 6.10 Å². The van der Waals surface area contributed by atoms with Crippen molar-refractivity contribution in [2.45, 2.75) is 321 Å². The Hall–Kier alpha value is -1.17. The molecule has 0 heterocycles. The van der Waals surface area contributed by atoms with Crippen molar-refractivity contribution in [1.82, 2.24) is 5.32 Å². The van der Waals surface area contributed by atoms with Crippen molar-refractivity contribution in [3.05, 3.63) is 24.3 Å². The van der Waals surface area contributed by atoms with Gasteiger partial charge in [0.15, 0.2) is 0 Å². The quantitative estimate of drug-likeness (QED) is 0.0362. The van der Waals surface area contributed by atoms with Crippen molar-refractivity contribution < 1.29 is 20.1 Å². The Bertz CT molecular complexity index is 905. The van der Waals surface area contributed by atoms with E-state index in [-0.39, 0.29) is 12.5 Å². The smallest absolute Gasteiger partial charge is 0.220 e. The highest BCUT2D eigenvalue weighted by molar-refractivity contribution is 5.76. The summed E-state index contributed by atoms with van der Waals surface area (Å²) in [6.07, 6.45) is 64.8. The first-order chi connectivity index (χ1) is 30.1. The van der Waals surface area contributed by atoms with Crippen LogP contribution >= 0.6 is 0 Å². The molecule has 0 bridgehead atoms. The fourth-order valence-electron chi connectivity index (χ4n) is 8.78. The zero-order chi connectivity index (χ0) is 44.4.